The first-order valence-corrected chi connectivity index (χ1v) is 12.7. The van der Waals surface area contributed by atoms with Crippen LogP contribution in [0.5, 0.6) is 0 Å². The van der Waals surface area contributed by atoms with Crippen molar-refractivity contribution in [1.82, 2.24) is 10.2 Å². The maximum Gasteiger partial charge on any atom is 0.279 e. The molecule has 8 nitrogen and oxygen atoms in total. The van der Waals surface area contributed by atoms with Gasteiger partial charge in [-0.15, -0.1) is 0 Å². The largest absolute Gasteiger partial charge is 1.00 e. The van der Waals surface area contributed by atoms with Gasteiger partial charge in [-0.3, -0.25) is 14.4 Å². The van der Waals surface area contributed by atoms with E-state index in [9.17, 15) is 14.4 Å². The van der Waals surface area contributed by atoms with E-state index in [-0.39, 0.29) is 30.6 Å². The molecule has 9 heteroatoms. The third kappa shape index (κ3) is 9.06. The molecule has 38 heavy (non-hydrogen) atoms. The maximum absolute atomic E-state index is 13.3. The van der Waals surface area contributed by atoms with E-state index >= 15 is 0 Å². The van der Waals surface area contributed by atoms with Gasteiger partial charge in [-0.25, -0.2) is 0 Å². The van der Waals surface area contributed by atoms with Crippen LogP contribution in [0, 0.1) is 6.92 Å². The highest BCUT2D eigenvalue weighted by Crippen LogP contribution is 2.19. The number of carbonyl (C=O) groups excluding carboxylic acids is 3. The first kappa shape index (κ1) is 30.6. The van der Waals surface area contributed by atoms with Crippen molar-refractivity contribution in [3.63, 3.8) is 0 Å². The predicted octanol–water partition coefficient (Wildman–Crippen LogP) is -1.80. The van der Waals surface area contributed by atoms with Crippen LogP contribution in [0.15, 0.2) is 72.8 Å². The molecule has 3 aromatic carbocycles. The Labute approximate surface area is 230 Å². The highest BCUT2D eigenvalue weighted by molar-refractivity contribution is 5.99. The molecule has 0 saturated heterocycles. The van der Waals surface area contributed by atoms with Crippen LogP contribution in [0.25, 0.3) is 10.8 Å². The predicted molar refractivity (Wildman–Crippen MR) is 145 cm³/mol. The first-order valence-electron chi connectivity index (χ1n) is 12.7. The van der Waals surface area contributed by atoms with Gasteiger partial charge in [-0.1, -0.05) is 60.7 Å². The number of rotatable bonds is 13. The van der Waals surface area contributed by atoms with E-state index in [1.165, 1.54) is 0 Å². The summed E-state index contributed by atoms with van der Waals surface area (Å²) in [6, 6.07) is 21.8. The van der Waals surface area contributed by atoms with Crippen molar-refractivity contribution in [3.05, 3.63) is 85.3 Å². The van der Waals surface area contributed by atoms with Crippen molar-refractivity contribution in [1.29, 1.82) is 0 Å². The molecule has 3 aromatic rings. The zero-order valence-electron chi connectivity index (χ0n) is 21.7. The van der Waals surface area contributed by atoms with E-state index < -0.39 is 18.0 Å². The Bertz CT molecular complexity index is 1190. The van der Waals surface area contributed by atoms with Crippen LogP contribution in [0.2, 0.25) is 0 Å². The fourth-order valence-electron chi connectivity index (χ4n) is 4.19. The Morgan fingerprint density at radius 1 is 0.895 bits per heavy atom. The molecule has 3 rings (SSSR count). The summed E-state index contributed by atoms with van der Waals surface area (Å²) < 4.78 is 0. The lowest BCUT2D eigenvalue weighted by molar-refractivity contribution is -0.403. The molecule has 0 aliphatic heterocycles. The molecular formula is C29H38ClN5O3+2. The number of aryl methyl sites for hydroxylation is 1. The van der Waals surface area contributed by atoms with E-state index in [1.807, 2.05) is 72.8 Å². The minimum atomic E-state index is -0.822. The fourth-order valence-corrected chi connectivity index (χ4v) is 4.19. The number of benzene rings is 3. The average Bonchev–Trinajstić information content (AvgIpc) is 2.91. The van der Waals surface area contributed by atoms with E-state index in [1.54, 1.807) is 4.90 Å². The maximum atomic E-state index is 13.3. The van der Waals surface area contributed by atoms with Crippen molar-refractivity contribution >= 4 is 34.2 Å². The number of hydrogen-bond acceptors (Lipinski definition) is 3. The second-order valence-corrected chi connectivity index (χ2v) is 9.13. The van der Waals surface area contributed by atoms with Gasteiger partial charge in [0.05, 0.1) is 33.0 Å². The van der Waals surface area contributed by atoms with Gasteiger partial charge in [0.1, 0.15) is 12.5 Å². The number of halogens is 1. The van der Waals surface area contributed by atoms with Gasteiger partial charge in [0.25, 0.3) is 5.91 Å². The summed E-state index contributed by atoms with van der Waals surface area (Å²) in [4.78, 5) is 40.7. The van der Waals surface area contributed by atoms with Gasteiger partial charge in [-0.2, -0.15) is 0 Å². The van der Waals surface area contributed by atoms with Crippen LogP contribution in [0.4, 0.5) is 5.69 Å². The molecule has 8 N–H and O–H groups in total. The zero-order chi connectivity index (χ0) is 26.6. The SMILES string of the molecule is [CH2+]CCN(CC[NH3+])C(=O)CC([NH3+])C(=O)NC(CCc1ccccc1)C(=O)Nc1ccc2ccccc2c1.[Cl-]. The topological polar surface area (TPSA) is 134 Å². The molecule has 0 aliphatic carbocycles. The third-order valence-electron chi connectivity index (χ3n) is 6.22. The molecule has 202 valence electrons. The minimum Gasteiger partial charge on any atom is -1.00 e. The number of anilines is 1. The van der Waals surface area contributed by atoms with Crippen LogP contribution in [-0.2, 0) is 20.8 Å². The number of quaternary nitrogens is 2. The molecule has 0 aromatic heterocycles. The Balaban J connectivity index is 0.00000507. The van der Waals surface area contributed by atoms with E-state index in [0.29, 0.717) is 44.6 Å². The van der Waals surface area contributed by atoms with Crippen LogP contribution < -0.4 is 34.5 Å². The molecule has 0 radical (unpaired) electrons. The van der Waals surface area contributed by atoms with Crippen molar-refractivity contribution in [2.45, 2.75) is 37.8 Å². The molecule has 0 fully saturated rings. The van der Waals surface area contributed by atoms with Gasteiger partial charge in [0.15, 0.2) is 6.04 Å². The number of nitrogens with zero attached hydrogens (tertiary/aromatic N) is 1. The van der Waals surface area contributed by atoms with Crippen molar-refractivity contribution < 1.29 is 38.3 Å². The third-order valence-corrected chi connectivity index (χ3v) is 6.22. The zero-order valence-corrected chi connectivity index (χ0v) is 22.5. The number of carbonyl (C=O) groups is 3. The molecule has 0 bridgehead atoms. The summed E-state index contributed by atoms with van der Waals surface area (Å²) in [7, 11) is 0. The van der Waals surface area contributed by atoms with Crippen LogP contribution in [0.3, 0.4) is 0 Å². The van der Waals surface area contributed by atoms with Crippen LogP contribution in [0.1, 0.15) is 24.8 Å². The minimum absolute atomic E-state index is 0. The van der Waals surface area contributed by atoms with Crippen LogP contribution >= 0.6 is 0 Å². The second kappa shape index (κ2) is 15.6. The standard InChI is InChI=1S/C29H35N5O3.ClH/c1-2-17-34(18-16-30)27(35)20-25(31)28(36)33-26(15-12-21-8-4-3-5-9-21)29(37)32-24-14-13-22-10-6-7-11-23(22)19-24;/h3-11,13-14,19,25-26H,1-2,12,15-18,20,30-31H2,(H-,32,33,36,37);1H/p+2. The fraction of sp³-hybridized carbons (Fsp3) is 0.310. The highest BCUT2D eigenvalue weighted by Gasteiger charge is 2.29. The van der Waals surface area contributed by atoms with Gasteiger partial charge in [0, 0.05) is 5.69 Å². The average molecular weight is 540 g/mol. The number of amides is 3. The summed E-state index contributed by atoms with van der Waals surface area (Å²) in [5.41, 5.74) is 9.43. The Morgan fingerprint density at radius 3 is 2.26 bits per heavy atom. The van der Waals surface area contributed by atoms with E-state index in [4.69, 9.17) is 0 Å². The Hall–Kier alpha value is -3.59. The Morgan fingerprint density at radius 2 is 1.58 bits per heavy atom. The second-order valence-electron chi connectivity index (χ2n) is 9.13. The molecule has 2 unspecified atom stereocenters. The molecule has 2 atom stereocenters. The molecule has 3 amide bonds. The molecule has 0 spiro atoms. The molecule has 0 aliphatic rings. The monoisotopic (exact) mass is 539 g/mol. The summed E-state index contributed by atoms with van der Waals surface area (Å²) in [6.45, 7) is 5.41. The Kier molecular flexibility index (Phi) is 12.6. The number of nitrogens with one attached hydrogen (secondary N) is 2. The number of fused-ring (bicyclic) bond motifs is 1. The van der Waals surface area contributed by atoms with Crippen molar-refractivity contribution in [2.24, 2.45) is 0 Å². The summed E-state index contributed by atoms with van der Waals surface area (Å²) >= 11 is 0. The molecule has 0 saturated carbocycles. The van der Waals surface area contributed by atoms with E-state index in [0.717, 1.165) is 16.3 Å². The molecular weight excluding hydrogens is 502 g/mol. The smallest absolute Gasteiger partial charge is 0.279 e. The van der Waals surface area contributed by atoms with Gasteiger partial charge in [0.2, 0.25) is 11.8 Å². The lowest BCUT2D eigenvalue weighted by Gasteiger charge is -2.22. The first-order chi connectivity index (χ1) is 17.9. The van der Waals surface area contributed by atoms with Gasteiger partial charge in [-0.05, 0) is 41.3 Å². The van der Waals surface area contributed by atoms with Gasteiger partial charge >= 0.3 is 0 Å². The normalized spacial score (nSPS) is 12.2. The summed E-state index contributed by atoms with van der Waals surface area (Å²) in [5, 5.41) is 7.87. The van der Waals surface area contributed by atoms with E-state index in [2.05, 4.69) is 29.0 Å². The van der Waals surface area contributed by atoms with Crippen molar-refractivity contribution in [2.75, 3.05) is 25.0 Å². The lowest BCUT2D eigenvalue weighted by Crippen LogP contribution is -3.00. The van der Waals surface area contributed by atoms with Crippen LogP contribution in [-0.4, -0.2) is 54.3 Å². The highest BCUT2D eigenvalue weighted by atomic mass is 35.5. The summed E-state index contributed by atoms with van der Waals surface area (Å²) in [6.07, 6.45) is 1.56. The lowest BCUT2D eigenvalue weighted by atomic mass is 10.0. The van der Waals surface area contributed by atoms with Gasteiger partial charge < -0.3 is 39.4 Å². The summed E-state index contributed by atoms with van der Waals surface area (Å²) in [5.74, 6) is -0.901. The number of hydrogen-bond donors (Lipinski definition) is 4. The quantitative estimate of drug-likeness (QED) is 0.191. The molecule has 0 heterocycles. The van der Waals surface area contributed by atoms with Crippen molar-refractivity contribution in [3.8, 4) is 0 Å².